The second-order valence-corrected chi connectivity index (χ2v) is 7.10. The standard InChI is InChI=1S/C22H14N2S/c1-2-6-16-11-19(10-9-15(16)5-1)25-22-14-23-20-12-17-7-3-4-8-18(17)13-21(20)24-22/h1-14H. The van der Waals surface area contributed by atoms with Crippen LogP contribution in [0.4, 0.5) is 0 Å². The minimum Gasteiger partial charge on any atom is -0.252 e. The van der Waals surface area contributed by atoms with Crippen molar-refractivity contribution in [2.75, 3.05) is 0 Å². The summed E-state index contributed by atoms with van der Waals surface area (Å²) < 4.78 is 0. The van der Waals surface area contributed by atoms with Crippen LogP contribution in [-0.2, 0) is 0 Å². The number of rotatable bonds is 2. The van der Waals surface area contributed by atoms with E-state index in [1.807, 2.05) is 12.3 Å². The molecule has 0 fully saturated rings. The van der Waals surface area contributed by atoms with Gasteiger partial charge in [0.15, 0.2) is 0 Å². The second-order valence-electron chi connectivity index (χ2n) is 6.01. The Bertz CT molecular complexity index is 1230. The Morgan fingerprint density at radius 1 is 0.600 bits per heavy atom. The monoisotopic (exact) mass is 338 g/mol. The van der Waals surface area contributed by atoms with Crippen LogP contribution in [0.25, 0.3) is 32.6 Å². The van der Waals surface area contributed by atoms with Gasteiger partial charge in [-0.3, -0.25) is 4.98 Å². The van der Waals surface area contributed by atoms with Crippen molar-refractivity contribution >= 4 is 44.3 Å². The van der Waals surface area contributed by atoms with Crippen LogP contribution in [0.3, 0.4) is 0 Å². The summed E-state index contributed by atoms with van der Waals surface area (Å²) >= 11 is 1.65. The van der Waals surface area contributed by atoms with Gasteiger partial charge in [-0.2, -0.15) is 0 Å². The number of nitrogens with zero attached hydrogens (tertiary/aromatic N) is 2. The molecule has 0 atom stereocenters. The van der Waals surface area contributed by atoms with Gasteiger partial charge in [-0.1, -0.05) is 66.4 Å². The van der Waals surface area contributed by atoms with E-state index in [-0.39, 0.29) is 0 Å². The van der Waals surface area contributed by atoms with Crippen molar-refractivity contribution in [1.82, 2.24) is 9.97 Å². The molecule has 0 aliphatic carbocycles. The molecule has 0 radical (unpaired) electrons. The summed E-state index contributed by atoms with van der Waals surface area (Å²) in [6, 6.07) is 27.4. The third-order valence-corrected chi connectivity index (χ3v) is 5.23. The fourth-order valence-corrected chi connectivity index (χ4v) is 3.90. The quantitative estimate of drug-likeness (QED) is 0.364. The maximum Gasteiger partial charge on any atom is 0.120 e. The lowest BCUT2D eigenvalue weighted by Gasteiger charge is -2.05. The predicted molar refractivity (Wildman–Crippen MR) is 105 cm³/mol. The van der Waals surface area contributed by atoms with Crippen LogP contribution >= 0.6 is 11.8 Å². The zero-order valence-corrected chi connectivity index (χ0v) is 14.2. The van der Waals surface area contributed by atoms with Crippen molar-refractivity contribution in [3.05, 3.63) is 85.1 Å². The average molecular weight is 338 g/mol. The number of hydrogen-bond acceptors (Lipinski definition) is 3. The summed E-state index contributed by atoms with van der Waals surface area (Å²) in [5.41, 5.74) is 1.87. The Hall–Kier alpha value is -2.91. The van der Waals surface area contributed by atoms with Crippen molar-refractivity contribution in [2.45, 2.75) is 9.92 Å². The van der Waals surface area contributed by atoms with Crippen molar-refractivity contribution in [3.8, 4) is 0 Å². The molecule has 0 saturated carbocycles. The van der Waals surface area contributed by atoms with E-state index in [0.717, 1.165) is 16.1 Å². The smallest absolute Gasteiger partial charge is 0.120 e. The highest BCUT2D eigenvalue weighted by Crippen LogP contribution is 2.30. The van der Waals surface area contributed by atoms with Gasteiger partial charge in [0, 0.05) is 4.90 Å². The molecule has 0 bridgehead atoms. The highest BCUT2D eigenvalue weighted by Gasteiger charge is 2.05. The summed E-state index contributed by atoms with van der Waals surface area (Å²) in [4.78, 5) is 10.6. The normalized spacial score (nSPS) is 11.4. The fourth-order valence-electron chi connectivity index (χ4n) is 3.08. The lowest BCUT2D eigenvalue weighted by molar-refractivity contribution is 1.12. The van der Waals surface area contributed by atoms with Gasteiger partial charge in [-0.25, -0.2) is 4.98 Å². The lowest BCUT2D eigenvalue weighted by Crippen LogP contribution is -1.87. The third kappa shape index (κ3) is 2.73. The van der Waals surface area contributed by atoms with Crippen LogP contribution in [0.15, 0.2) is 95.0 Å². The minimum atomic E-state index is 0.915. The molecular weight excluding hydrogens is 324 g/mol. The van der Waals surface area contributed by atoms with E-state index in [2.05, 4.69) is 77.8 Å². The van der Waals surface area contributed by atoms with Crippen molar-refractivity contribution in [1.29, 1.82) is 0 Å². The fraction of sp³-hybridized carbons (Fsp3) is 0. The molecule has 4 aromatic carbocycles. The van der Waals surface area contributed by atoms with E-state index < -0.39 is 0 Å². The van der Waals surface area contributed by atoms with Gasteiger partial charge in [0.25, 0.3) is 0 Å². The number of hydrogen-bond donors (Lipinski definition) is 0. The number of fused-ring (bicyclic) bond motifs is 3. The summed E-state index contributed by atoms with van der Waals surface area (Å²) in [5, 5.41) is 5.80. The Morgan fingerprint density at radius 3 is 2.00 bits per heavy atom. The molecule has 3 heteroatoms. The maximum absolute atomic E-state index is 4.80. The number of aromatic nitrogens is 2. The van der Waals surface area contributed by atoms with Crippen LogP contribution in [0, 0.1) is 0 Å². The first kappa shape index (κ1) is 14.4. The first-order chi connectivity index (χ1) is 12.3. The highest BCUT2D eigenvalue weighted by molar-refractivity contribution is 7.99. The summed E-state index contributed by atoms with van der Waals surface area (Å²) in [6.45, 7) is 0. The molecule has 25 heavy (non-hydrogen) atoms. The van der Waals surface area contributed by atoms with E-state index in [1.165, 1.54) is 26.4 Å². The molecule has 0 aliphatic rings. The Balaban J connectivity index is 1.56. The van der Waals surface area contributed by atoms with Gasteiger partial charge in [-0.15, -0.1) is 0 Å². The molecule has 0 aliphatic heterocycles. The Morgan fingerprint density at radius 2 is 1.24 bits per heavy atom. The topological polar surface area (TPSA) is 25.8 Å². The van der Waals surface area contributed by atoms with Crippen LogP contribution in [0.1, 0.15) is 0 Å². The first-order valence-electron chi connectivity index (χ1n) is 8.17. The maximum atomic E-state index is 4.80. The van der Waals surface area contributed by atoms with E-state index in [1.54, 1.807) is 11.8 Å². The van der Waals surface area contributed by atoms with E-state index in [0.29, 0.717) is 0 Å². The van der Waals surface area contributed by atoms with Gasteiger partial charge < -0.3 is 0 Å². The molecule has 2 nitrogen and oxygen atoms in total. The van der Waals surface area contributed by atoms with Gasteiger partial charge in [0.2, 0.25) is 0 Å². The second kappa shape index (κ2) is 5.87. The average Bonchev–Trinajstić information content (AvgIpc) is 2.66. The summed E-state index contributed by atoms with van der Waals surface area (Å²) in [6.07, 6.45) is 1.86. The molecule has 0 unspecified atom stereocenters. The summed E-state index contributed by atoms with van der Waals surface area (Å²) in [7, 11) is 0. The third-order valence-electron chi connectivity index (χ3n) is 4.33. The molecule has 0 saturated heterocycles. The first-order valence-corrected chi connectivity index (χ1v) is 8.99. The van der Waals surface area contributed by atoms with Crippen molar-refractivity contribution in [2.24, 2.45) is 0 Å². The molecular formula is C22H14N2S. The van der Waals surface area contributed by atoms with Gasteiger partial charge in [-0.05, 0) is 45.8 Å². The molecule has 5 rings (SSSR count). The highest BCUT2D eigenvalue weighted by atomic mass is 32.2. The van der Waals surface area contributed by atoms with Crippen LogP contribution < -0.4 is 0 Å². The van der Waals surface area contributed by atoms with Crippen LogP contribution in [0.2, 0.25) is 0 Å². The SMILES string of the molecule is c1ccc2cc(Sc3cnc4cc5ccccc5cc4n3)ccc2c1. The lowest BCUT2D eigenvalue weighted by atomic mass is 10.1. The largest absolute Gasteiger partial charge is 0.252 e. The van der Waals surface area contributed by atoms with Crippen molar-refractivity contribution in [3.63, 3.8) is 0 Å². The number of benzene rings is 4. The molecule has 1 heterocycles. The van der Waals surface area contributed by atoms with E-state index >= 15 is 0 Å². The molecule has 1 aromatic heterocycles. The molecule has 0 N–H and O–H groups in total. The van der Waals surface area contributed by atoms with E-state index in [4.69, 9.17) is 4.98 Å². The molecule has 0 spiro atoms. The molecule has 0 amide bonds. The summed E-state index contributed by atoms with van der Waals surface area (Å²) in [5.74, 6) is 0. The minimum absolute atomic E-state index is 0.915. The van der Waals surface area contributed by atoms with Crippen LogP contribution in [0.5, 0.6) is 0 Å². The van der Waals surface area contributed by atoms with E-state index in [9.17, 15) is 0 Å². The zero-order chi connectivity index (χ0) is 16.6. The van der Waals surface area contributed by atoms with Crippen molar-refractivity contribution < 1.29 is 0 Å². The molecule has 5 aromatic rings. The van der Waals surface area contributed by atoms with Crippen LogP contribution in [-0.4, -0.2) is 9.97 Å². The zero-order valence-electron chi connectivity index (χ0n) is 13.4. The van der Waals surface area contributed by atoms with Gasteiger partial charge in [0.05, 0.1) is 17.2 Å². The Kier molecular flexibility index (Phi) is 3.39. The Labute approximate surface area is 149 Å². The van der Waals surface area contributed by atoms with Gasteiger partial charge in [0.1, 0.15) is 5.03 Å². The predicted octanol–water partition coefficient (Wildman–Crippen LogP) is 6.09. The van der Waals surface area contributed by atoms with Gasteiger partial charge >= 0.3 is 0 Å². The molecule has 118 valence electrons.